The van der Waals surface area contributed by atoms with Crippen LogP contribution in [-0.4, -0.2) is 49.3 Å². The van der Waals surface area contributed by atoms with Crippen molar-refractivity contribution >= 4 is 11.6 Å². The number of benzene rings is 3. The SMILES string of the molecule is O=C(Nc1ccc(O[C@H]2CCNC2)c(-c2ccc(F)cc2)c1)c1cnc(O[C@H]2CCNC2)c(-c2ccc(F)c(F)c2)c1. The molecule has 2 fully saturated rings. The lowest BCUT2D eigenvalue weighted by atomic mass is 10.0. The zero-order chi connectivity index (χ0) is 29.1. The largest absolute Gasteiger partial charge is 0.488 e. The Hall–Kier alpha value is -4.41. The van der Waals surface area contributed by atoms with Gasteiger partial charge in [0.25, 0.3) is 5.91 Å². The molecule has 2 aliphatic rings. The highest BCUT2D eigenvalue weighted by Gasteiger charge is 2.22. The van der Waals surface area contributed by atoms with Gasteiger partial charge in [0.15, 0.2) is 11.6 Å². The fourth-order valence-corrected chi connectivity index (χ4v) is 5.10. The van der Waals surface area contributed by atoms with Crippen molar-refractivity contribution < 1.29 is 27.4 Å². The monoisotopic (exact) mass is 574 g/mol. The number of carbonyl (C=O) groups is 1. The van der Waals surface area contributed by atoms with Crippen LogP contribution in [0.25, 0.3) is 22.3 Å². The molecule has 3 aromatic carbocycles. The van der Waals surface area contributed by atoms with E-state index in [1.54, 1.807) is 36.4 Å². The molecule has 42 heavy (non-hydrogen) atoms. The molecular weight excluding hydrogens is 545 g/mol. The Morgan fingerprint density at radius 1 is 0.786 bits per heavy atom. The van der Waals surface area contributed by atoms with Gasteiger partial charge in [0.2, 0.25) is 5.88 Å². The molecule has 216 valence electrons. The van der Waals surface area contributed by atoms with Crippen LogP contribution in [-0.2, 0) is 0 Å². The molecule has 0 radical (unpaired) electrons. The molecule has 2 saturated heterocycles. The maximum Gasteiger partial charge on any atom is 0.257 e. The van der Waals surface area contributed by atoms with Gasteiger partial charge in [-0.25, -0.2) is 18.2 Å². The van der Waals surface area contributed by atoms with Gasteiger partial charge >= 0.3 is 0 Å². The standard InChI is InChI=1S/C32H29F3N4O3/c33-22-4-1-19(2-5-22)26-15-23(6-8-30(26)41-24-9-11-36-17-24)39-31(40)21-13-27(20-3-7-28(34)29(35)14-20)32(38-16-21)42-25-10-12-37-18-25/h1-8,13-16,24-25,36-37H,9-12,17-18H2,(H,39,40)/t24-,25-/m0/s1. The summed E-state index contributed by atoms with van der Waals surface area (Å²) in [5.41, 5.74) is 2.83. The highest BCUT2D eigenvalue weighted by Crippen LogP contribution is 2.35. The van der Waals surface area contributed by atoms with E-state index in [4.69, 9.17) is 9.47 Å². The zero-order valence-corrected chi connectivity index (χ0v) is 22.6. The van der Waals surface area contributed by atoms with Crippen LogP contribution in [0, 0.1) is 17.5 Å². The summed E-state index contributed by atoms with van der Waals surface area (Å²) in [7, 11) is 0. The molecule has 0 bridgehead atoms. The van der Waals surface area contributed by atoms with Gasteiger partial charge in [0.1, 0.15) is 23.8 Å². The van der Waals surface area contributed by atoms with Crippen LogP contribution in [0.2, 0.25) is 0 Å². The molecule has 0 unspecified atom stereocenters. The molecule has 0 aliphatic carbocycles. The first-order valence-corrected chi connectivity index (χ1v) is 13.8. The summed E-state index contributed by atoms with van der Waals surface area (Å²) < 4.78 is 53.8. The minimum Gasteiger partial charge on any atom is -0.488 e. The summed E-state index contributed by atoms with van der Waals surface area (Å²) >= 11 is 0. The molecule has 6 rings (SSSR count). The van der Waals surface area contributed by atoms with Gasteiger partial charge in [-0.15, -0.1) is 0 Å². The number of hydrogen-bond acceptors (Lipinski definition) is 6. The lowest BCUT2D eigenvalue weighted by molar-refractivity contribution is 0.102. The van der Waals surface area contributed by atoms with E-state index in [1.165, 1.54) is 24.4 Å². The van der Waals surface area contributed by atoms with Crippen LogP contribution < -0.4 is 25.4 Å². The van der Waals surface area contributed by atoms with E-state index < -0.39 is 17.5 Å². The van der Waals surface area contributed by atoms with E-state index in [0.29, 0.717) is 34.7 Å². The molecule has 4 aromatic rings. The number of anilines is 1. The number of amides is 1. The fourth-order valence-electron chi connectivity index (χ4n) is 5.10. The molecule has 0 spiro atoms. The average Bonchev–Trinajstić information content (AvgIpc) is 3.71. The molecule has 3 heterocycles. The van der Waals surface area contributed by atoms with Gasteiger partial charge in [0, 0.05) is 36.1 Å². The van der Waals surface area contributed by atoms with Gasteiger partial charge < -0.3 is 25.4 Å². The predicted octanol–water partition coefficient (Wildman–Crippen LogP) is 5.57. The van der Waals surface area contributed by atoms with Crippen LogP contribution in [0.1, 0.15) is 23.2 Å². The van der Waals surface area contributed by atoms with Crippen molar-refractivity contribution in [3.63, 3.8) is 0 Å². The molecule has 1 amide bonds. The summed E-state index contributed by atoms with van der Waals surface area (Å²) in [5.74, 6) is -1.95. The Morgan fingerprint density at radius 2 is 1.50 bits per heavy atom. The highest BCUT2D eigenvalue weighted by molar-refractivity contribution is 6.05. The van der Waals surface area contributed by atoms with Gasteiger partial charge in [0.05, 0.1) is 5.56 Å². The quantitative estimate of drug-likeness (QED) is 0.255. The number of hydrogen-bond donors (Lipinski definition) is 3. The van der Waals surface area contributed by atoms with Crippen molar-refractivity contribution in [3.8, 4) is 33.9 Å². The van der Waals surface area contributed by atoms with Crippen molar-refractivity contribution in [2.45, 2.75) is 25.0 Å². The van der Waals surface area contributed by atoms with Crippen LogP contribution in [0.15, 0.2) is 72.9 Å². The van der Waals surface area contributed by atoms with Crippen LogP contribution in [0.4, 0.5) is 18.9 Å². The summed E-state index contributed by atoms with van der Waals surface area (Å²) in [6.45, 7) is 3.03. The smallest absolute Gasteiger partial charge is 0.257 e. The number of rotatable bonds is 8. The average molecular weight is 575 g/mol. The Morgan fingerprint density at radius 3 is 2.19 bits per heavy atom. The van der Waals surface area contributed by atoms with E-state index in [0.717, 1.165) is 50.2 Å². The first kappa shape index (κ1) is 27.7. The van der Waals surface area contributed by atoms with Crippen LogP contribution in [0.5, 0.6) is 11.6 Å². The van der Waals surface area contributed by atoms with Crippen LogP contribution in [0.3, 0.4) is 0 Å². The number of halogens is 3. The van der Waals surface area contributed by atoms with Gasteiger partial charge in [-0.05, 0) is 85.6 Å². The molecule has 7 nitrogen and oxygen atoms in total. The second-order valence-corrected chi connectivity index (χ2v) is 10.3. The van der Waals surface area contributed by atoms with E-state index in [2.05, 4.69) is 20.9 Å². The number of nitrogens with one attached hydrogen (secondary N) is 3. The number of carbonyl (C=O) groups excluding carboxylic acids is 1. The molecule has 0 saturated carbocycles. The summed E-state index contributed by atoms with van der Waals surface area (Å²) in [6, 6.07) is 16.4. The third-order valence-corrected chi connectivity index (χ3v) is 7.34. The number of nitrogens with zero attached hydrogens (tertiary/aromatic N) is 1. The van der Waals surface area contributed by atoms with Crippen molar-refractivity contribution in [2.75, 3.05) is 31.5 Å². The van der Waals surface area contributed by atoms with Crippen molar-refractivity contribution in [3.05, 3.63) is 95.9 Å². The Bertz CT molecular complexity index is 1590. The van der Waals surface area contributed by atoms with Crippen molar-refractivity contribution in [1.29, 1.82) is 0 Å². The lowest BCUT2D eigenvalue weighted by Crippen LogP contribution is -2.21. The van der Waals surface area contributed by atoms with Gasteiger partial charge in [-0.3, -0.25) is 4.79 Å². The normalized spacial score (nSPS) is 18.2. The molecule has 2 aliphatic heterocycles. The second kappa shape index (κ2) is 12.2. The Kier molecular flexibility index (Phi) is 8.07. The third kappa shape index (κ3) is 6.24. The number of aromatic nitrogens is 1. The molecule has 2 atom stereocenters. The van der Waals surface area contributed by atoms with E-state index in [1.807, 2.05) is 0 Å². The van der Waals surface area contributed by atoms with Gasteiger partial charge in [-0.2, -0.15) is 0 Å². The first-order valence-electron chi connectivity index (χ1n) is 13.8. The maximum absolute atomic E-state index is 14.1. The predicted molar refractivity (Wildman–Crippen MR) is 153 cm³/mol. The van der Waals surface area contributed by atoms with E-state index >= 15 is 0 Å². The zero-order valence-electron chi connectivity index (χ0n) is 22.6. The fraction of sp³-hybridized carbons (Fsp3) is 0.250. The third-order valence-electron chi connectivity index (χ3n) is 7.34. The summed E-state index contributed by atoms with van der Waals surface area (Å²) in [5, 5.41) is 9.37. The molecule has 1 aromatic heterocycles. The van der Waals surface area contributed by atoms with Crippen LogP contribution >= 0.6 is 0 Å². The Balaban J connectivity index is 1.30. The van der Waals surface area contributed by atoms with E-state index in [9.17, 15) is 18.0 Å². The van der Waals surface area contributed by atoms with Crippen molar-refractivity contribution in [2.24, 2.45) is 0 Å². The topological polar surface area (TPSA) is 84.5 Å². The second-order valence-electron chi connectivity index (χ2n) is 10.3. The van der Waals surface area contributed by atoms with E-state index in [-0.39, 0.29) is 29.5 Å². The molecule has 10 heteroatoms. The highest BCUT2D eigenvalue weighted by atomic mass is 19.2. The molecule has 3 N–H and O–H groups in total. The van der Waals surface area contributed by atoms with Crippen molar-refractivity contribution in [1.82, 2.24) is 15.6 Å². The summed E-state index contributed by atoms with van der Waals surface area (Å²) in [6.07, 6.45) is 2.90. The minimum atomic E-state index is -1.01. The number of ether oxygens (including phenoxy) is 2. The summed E-state index contributed by atoms with van der Waals surface area (Å²) in [4.78, 5) is 17.8. The van der Waals surface area contributed by atoms with Gasteiger partial charge in [-0.1, -0.05) is 18.2 Å². The first-order chi connectivity index (χ1) is 20.4. The lowest BCUT2D eigenvalue weighted by Gasteiger charge is -2.18. The molecular formula is C32H29F3N4O3. The Labute approximate surface area is 241 Å². The number of pyridine rings is 1. The minimum absolute atomic E-state index is 0.00572. The maximum atomic E-state index is 14.1.